The molecule has 3 aromatic rings. The van der Waals surface area contributed by atoms with Crippen molar-refractivity contribution in [3.05, 3.63) is 57.5 Å². The largest absolute Gasteiger partial charge is 0.461 e. The molecule has 3 aromatic heterocycles. The van der Waals surface area contributed by atoms with Gasteiger partial charge in [-0.05, 0) is 37.6 Å². The summed E-state index contributed by atoms with van der Waals surface area (Å²) in [7, 11) is 0. The van der Waals surface area contributed by atoms with E-state index in [1.165, 1.54) is 10.8 Å². The van der Waals surface area contributed by atoms with Gasteiger partial charge in [0.05, 0.1) is 6.26 Å². The van der Waals surface area contributed by atoms with Crippen molar-refractivity contribution in [1.82, 2.24) is 14.7 Å². The second-order valence-electron chi connectivity index (χ2n) is 4.84. The Morgan fingerprint density at radius 3 is 2.91 bits per heavy atom. The number of aromatic nitrogens is 3. The normalized spacial score (nSPS) is 10.6. The summed E-state index contributed by atoms with van der Waals surface area (Å²) in [6, 6.07) is 7.15. The number of aryl methyl sites for hydroxylation is 2. The summed E-state index contributed by atoms with van der Waals surface area (Å²) in [5, 5.41) is 12.9. The molecular formula is C15H12N4O3. The van der Waals surface area contributed by atoms with Gasteiger partial charge in [-0.25, -0.2) is 0 Å². The van der Waals surface area contributed by atoms with E-state index in [-0.39, 0.29) is 23.6 Å². The van der Waals surface area contributed by atoms with Crippen LogP contribution >= 0.6 is 0 Å². The van der Waals surface area contributed by atoms with Crippen LogP contribution in [0.2, 0.25) is 0 Å². The van der Waals surface area contributed by atoms with Crippen molar-refractivity contribution in [1.29, 1.82) is 5.26 Å². The Morgan fingerprint density at radius 1 is 1.41 bits per heavy atom. The van der Waals surface area contributed by atoms with Gasteiger partial charge in [-0.15, -0.1) is 0 Å². The van der Waals surface area contributed by atoms with E-state index in [1.807, 2.05) is 6.07 Å². The lowest BCUT2D eigenvalue weighted by atomic mass is 10.1. The van der Waals surface area contributed by atoms with Gasteiger partial charge in [0.15, 0.2) is 5.76 Å². The molecular weight excluding hydrogens is 284 g/mol. The predicted octanol–water partition coefficient (Wildman–Crippen LogP) is 2.03. The predicted molar refractivity (Wildman–Crippen MR) is 76.0 cm³/mol. The van der Waals surface area contributed by atoms with Crippen molar-refractivity contribution >= 4 is 0 Å². The fourth-order valence-electron chi connectivity index (χ4n) is 2.22. The van der Waals surface area contributed by atoms with Crippen LogP contribution < -0.4 is 5.56 Å². The Hall–Kier alpha value is -3.14. The first-order chi connectivity index (χ1) is 10.6. The van der Waals surface area contributed by atoms with E-state index in [0.717, 1.165) is 5.69 Å². The smallest absolute Gasteiger partial charge is 0.269 e. The molecule has 0 amide bonds. The van der Waals surface area contributed by atoms with E-state index in [1.54, 1.807) is 32.0 Å². The van der Waals surface area contributed by atoms with Crippen LogP contribution in [0.4, 0.5) is 0 Å². The highest BCUT2D eigenvalue weighted by molar-refractivity contribution is 5.44. The SMILES string of the molecule is Cc1cc(C)n(Cc2nc(-c3ccco3)no2)c(=O)c1C#N. The Labute approximate surface area is 125 Å². The summed E-state index contributed by atoms with van der Waals surface area (Å²) >= 11 is 0. The maximum Gasteiger partial charge on any atom is 0.269 e. The van der Waals surface area contributed by atoms with Gasteiger partial charge in [0, 0.05) is 5.69 Å². The van der Waals surface area contributed by atoms with Crippen LogP contribution in [0.3, 0.4) is 0 Å². The second-order valence-corrected chi connectivity index (χ2v) is 4.84. The van der Waals surface area contributed by atoms with Crippen LogP contribution in [0.25, 0.3) is 11.6 Å². The topological polar surface area (TPSA) is 97.8 Å². The van der Waals surface area contributed by atoms with Gasteiger partial charge in [0.1, 0.15) is 18.2 Å². The zero-order chi connectivity index (χ0) is 15.7. The molecule has 110 valence electrons. The van der Waals surface area contributed by atoms with Crippen molar-refractivity contribution in [3.8, 4) is 17.7 Å². The molecule has 3 heterocycles. The molecule has 0 fully saturated rings. The van der Waals surface area contributed by atoms with Gasteiger partial charge >= 0.3 is 0 Å². The summed E-state index contributed by atoms with van der Waals surface area (Å²) < 4.78 is 11.8. The maximum absolute atomic E-state index is 12.3. The van der Waals surface area contributed by atoms with Crippen LogP contribution in [-0.2, 0) is 6.54 Å². The Balaban J connectivity index is 1.98. The average molecular weight is 296 g/mol. The quantitative estimate of drug-likeness (QED) is 0.733. The molecule has 7 nitrogen and oxygen atoms in total. The molecule has 22 heavy (non-hydrogen) atoms. The second kappa shape index (κ2) is 5.33. The van der Waals surface area contributed by atoms with Crippen LogP contribution in [0.15, 0.2) is 38.2 Å². The van der Waals surface area contributed by atoms with Crippen LogP contribution in [0, 0.1) is 25.2 Å². The lowest BCUT2D eigenvalue weighted by molar-refractivity contribution is 0.368. The number of pyridine rings is 1. The minimum absolute atomic E-state index is 0.104. The van der Waals surface area contributed by atoms with Crippen LogP contribution in [0.5, 0.6) is 0 Å². The fourth-order valence-corrected chi connectivity index (χ4v) is 2.22. The molecule has 0 bridgehead atoms. The van der Waals surface area contributed by atoms with Crippen molar-refractivity contribution in [2.75, 3.05) is 0 Å². The molecule has 0 radical (unpaired) electrons. The summed E-state index contributed by atoms with van der Waals surface area (Å²) in [6.45, 7) is 3.63. The minimum Gasteiger partial charge on any atom is -0.461 e. The van der Waals surface area contributed by atoms with Gasteiger partial charge in [-0.1, -0.05) is 5.16 Å². The third-order valence-electron chi connectivity index (χ3n) is 3.32. The Morgan fingerprint density at radius 2 is 2.23 bits per heavy atom. The number of rotatable bonds is 3. The number of hydrogen-bond donors (Lipinski definition) is 0. The molecule has 0 spiro atoms. The van der Waals surface area contributed by atoms with E-state index in [9.17, 15) is 4.79 Å². The molecule has 0 aliphatic carbocycles. The van der Waals surface area contributed by atoms with Gasteiger partial charge in [0.2, 0.25) is 11.7 Å². The molecule has 0 saturated heterocycles. The summed E-state index contributed by atoms with van der Waals surface area (Å²) in [5.74, 6) is 1.07. The van der Waals surface area contributed by atoms with Gasteiger partial charge in [0.25, 0.3) is 5.56 Å². The highest BCUT2D eigenvalue weighted by Gasteiger charge is 2.15. The van der Waals surface area contributed by atoms with E-state index in [4.69, 9.17) is 14.2 Å². The number of nitriles is 1. The Bertz CT molecular complexity index is 913. The number of hydrogen-bond acceptors (Lipinski definition) is 6. The van der Waals surface area contributed by atoms with Crippen molar-refractivity contribution < 1.29 is 8.94 Å². The molecule has 0 atom stereocenters. The molecule has 0 unspecified atom stereocenters. The van der Waals surface area contributed by atoms with Crippen molar-refractivity contribution in [2.24, 2.45) is 0 Å². The monoisotopic (exact) mass is 296 g/mol. The first-order valence-corrected chi connectivity index (χ1v) is 6.57. The molecule has 0 saturated carbocycles. The average Bonchev–Trinajstić information content (AvgIpc) is 3.14. The highest BCUT2D eigenvalue weighted by atomic mass is 16.5. The van der Waals surface area contributed by atoms with Gasteiger partial charge in [-0.2, -0.15) is 10.2 Å². The lowest BCUT2D eigenvalue weighted by Gasteiger charge is -2.09. The molecule has 0 aliphatic heterocycles. The van der Waals surface area contributed by atoms with E-state index >= 15 is 0 Å². The third kappa shape index (κ3) is 2.31. The molecule has 3 rings (SSSR count). The standard InChI is InChI=1S/C15H12N4O3/c1-9-6-10(2)19(15(20)11(9)7-16)8-13-17-14(18-22-13)12-4-3-5-21-12/h3-6H,8H2,1-2H3. The zero-order valence-electron chi connectivity index (χ0n) is 12.0. The summed E-state index contributed by atoms with van der Waals surface area (Å²) in [6.07, 6.45) is 1.51. The van der Waals surface area contributed by atoms with Crippen molar-refractivity contribution in [2.45, 2.75) is 20.4 Å². The summed E-state index contributed by atoms with van der Waals surface area (Å²) in [5.41, 5.74) is 1.14. The number of furan rings is 1. The first kappa shape index (κ1) is 13.8. The van der Waals surface area contributed by atoms with Gasteiger partial charge < -0.3 is 13.5 Å². The third-order valence-corrected chi connectivity index (χ3v) is 3.32. The molecule has 7 heteroatoms. The minimum atomic E-state index is -0.363. The highest BCUT2D eigenvalue weighted by Crippen LogP contribution is 2.16. The van der Waals surface area contributed by atoms with E-state index < -0.39 is 0 Å². The van der Waals surface area contributed by atoms with E-state index in [0.29, 0.717) is 17.1 Å². The van der Waals surface area contributed by atoms with Crippen LogP contribution in [-0.4, -0.2) is 14.7 Å². The fraction of sp³-hybridized carbons (Fsp3) is 0.200. The van der Waals surface area contributed by atoms with Crippen molar-refractivity contribution in [3.63, 3.8) is 0 Å². The van der Waals surface area contributed by atoms with Crippen LogP contribution in [0.1, 0.15) is 22.7 Å². The summed E-state index contributed by atoms with van der Waals surface area (Å²) in [4.78, 5) is 16.5. The molecule has 0 N–H and O–H groups in total. The molecule has 0 aliphatic rings. The zero-order valence-corrected chi connectivity index (χ0v) is 12.0. The maximum atomic E-state index is 12.3. The molecule has 0 aromatic carbocycles. The van der Waals surface area contributed by atoms with E-state index in [2.05, 4.69) is 10.1 Å². The van der Waals surface area contributed by atoms with Gasteiger partial charge in [-0.3, -0.25) is 4.79 Å². The first-order valence-electron chi connectivity index (χ1n) is 6.57. The lowest BCUT2D eigenvalue weighted by Crippen LogP contribution is -2.26. The number of nitrogens with zero attached hydrogens (tertiary/aromatic N) is 4. The Kier molecular flexibility index (Phi) is 3.35.